The first kappa shape index (κ1) is 18.9. The Morgan fingerprint density at radius 3 is 1.96 bits per heavy atom. The largest absolute Gasteiger partial charge is 0.497 e. The molecule has 0 saturated heterocycles. The molecule has 0 N–H and O–H groups in total. The normalized spacial score (nSPS) is 18.9. The van der Waals surface area contributed by atoms with Gasteiger partial charge in [0.2, 0.25) is 0 Å². The first-order valence-electron chi connectivity index (χ1n) is 9.08. The molecule has 1 aliphatic rings. The molecule has 5 heteroatoms. The SMILES string of the molecule is COc1ccc(C2N=C(c3ccc(Cl)cc3)C(C)N2c2ccc(Cl)cc2)cc1. The third-order valence-electron chi connectivity index (χ3n) is 5.02. The van der Waals surface area contributed by atoms with Gasteiger partial charge in [-0.15, -0.1) is 0 Å². The van der Waals surface area contributed by atoms with Crippen LogP contribution in [-0.2, 0) is 0 Å². The highest BCUT2D eigenvalue weighted by Gasteiger charge is 2.35. The van der Waals surface area contributed by atoms with E-state index in [1.165, 1.54) is 0 Å². The highest BCUT2D eigenvalue weighted by molar-refractivity contribution is 6.31. The summed E-state index contributed by atoms with van der Waals surface area (Å²) in [4.78, 5) is 7.41. The Hall–Kier alpha value is -2.49. The molecule has 0 radical (unpaired) electrons. The Morgan fingerprint density at radius 2 is 1.39 bits per heavy atom. The first-order chi connectivity index (χ1) is 13.6. The molecule has 1 heterocycles. The Kier molecular flexibility index (Phi) is 5.29. The van der Waals surface area contributed by atoms with Gasteiger partial charge < -0.3 is 9.64 Å². The monoisotopic (exact) mass is 410 g/mol. The molecule has 0 bridgehead atoms. The van der Waals surface area contributed by atoms with Gasteiger partial charge in [0.05, 0.1) is 18.9 Å². The fraction of sp³-hybridized carbons (Fsp3) is 0.174. The maximum atomic E-state index is 6.11. The summed E-state index contributed by atoms with van der Waals surface area (Å²) in [6, 6.07) is 23.9. The number of hydrogen-bond donors (Lipinski definition) is 0. The van der Waals surface area contributed by atoms with E-state index in [1.807, 2.05) is 60.7 Å². The van der Waals surface area contributed by atoms with E-state index in [0.717, 1.165) is 38.3 Å². The zero-order valence-electron chi connectivity index (χ0n) is 15.6. The Labute approximate surface area is 175 Å². The van der Waals surface area contributed by atoms with Gasteiger partial charge in [-0.1, -0.05) is 47.5 Å². The van der Waals surface area contributed by atoms with Crippen LogP contribution >= 0.6 is 23.2 Å². The van der Waals surface area contributed by atoms with Gasteiger partial charge in [0.25, 0.3) is 0 Å². The van der Waals surface area contributed by atoms with Gasteiger partial charge in [0.15, 0.2) is 0 Å². The van der Waals surface area contributed by atoms with Crippen molar-refractivity contribution in [3.8, 4) is 5.75 Å². The lowest BCUT2D eigenvalue weighted by Gasteiger charge is -2.30. The van der Waals surface area contributed by atoms with E-state index in [2.05, 4.69) is 24.0 Å². The fourth-order valence-electron chi connectivity index (χ4n) is 3.57. The molecule has 28 heavy (non-hydrogen) atoms. The van der Waals surface area contributed by atoms with Crippen LogP contribution in [0.4, 0.5) is 5.69 Å². The van der Waals surface area contributed by atoms with Crippen LogP contribution in [-0.4, -0.2) is 18.9 Å². The van der Waals surface area contributed by atoms with Crippen molar-refractivity contribution in [3.63, 3.8) is 0 Å². The van der Waals surface area contributed by atoms with Crippen LogP contribution < -0.4 is 9.64 Å². The molecule has 1 aliphatic heterocycles. The number of benzene rings is 3. The summed E-state index contributed by atoms with van der Waals surface area (Å²) in [5.74, 6) is 0.828. The zero-order valence-corrected chi connectivity index (χ0v) is 17.2. The van der Waals surface area contributed by atoms with E-state index in [-0.39, 0.29) is 12.2 Å². The standard InChI is InChI=1S/C23H20Cl2N2O/c1-15-22(16-3-7-18(24)8-4-16)26-23(17-5-13-21(28-2)14-6-17)27(15)20-11-9-19(25)10-12-20/h3-15,23H,1-2H3. The van der Waals surface area contributed by atoms with Gasteiger partial charge in [-0.3, -0.25) is 4.99 Å². The van der Waals surface area contributed by atoms with Gasteiger partial charge in [-0.25, -0.2) is 0 Å². The smallest absolute Gasteiger partial charge is 0.148 e. The van der Waals surface area contributed by atoms with Crippen molar-refractivity contribution in [2.45, 2.75) is 19.1 Å². The van der Waals surface area contributed by atoms with Crippen LogP contribution in [0.3, 0.4) is 0 Å². The maximum Gasteiger partial charge on any atom is 0.148 e. The average Bonchev–Trinajstić information content (AvgIpc) is 3.06. The van der Waals surface area contributed by atoms with Gasteiger partial charge in [0, 0.05) is 15.7 Å². The number of hydrogen-bond acceptors (Lipinski definition) is 3. The van der Waals surface area contributed by atoms with E-state index >= 15 is 0 Å². The van der Waals surface area contributed by atoms with Crippen LogP contribution in [0, 0.1) is 0 Å². The van der Waals surface area contributed by atoms with Crippen LogP contribution in [0.5, 0.6) is 5.75 Å². The van der Waals surface area contributed by atoms with E-state index in [1.54, 1.807) is 7.11 Å². The predicted octanol–water partition coefficient (Wildman–Crippen LogP) is 6.40. The number of halogens is 2. The van der Waals surface area contributed by atoms with Crippen molar-refractivity contribution in [3.05, 3.63) is 94.0 Å². The lowest BCUT2D eigenvalue weighted by molar-refractivity contribution is 0.414. The molecule has 0 spiro atoms. The third-order valence-corrected chi connectivity index (χ3v) is 5.52. The molecule has 142 valence electrons. The number of rotatable bonds is 4. The Balaban J connectivity index is 1.78. The van der Waals surface area contributed by atoms with Gasteiger partial charge >= 0.3 is 0 Å². The molecule has 0 saturated carbocycles. The van der Waals surface area contributed by atoms with E-state index in [9.17, 15) is 0 Å². The molecule has 0 aliphatic carbocycles. The highest BCUT2D eigenvalue weighted by atomic mass is 35.5. The van der Waals surface area contributed by atoms with Crippen LogP contribution in [0.1, 0.15) is 24.2 Å². The second-order valence-electron chi connectivity index (χ2n) is 6.73. The molecular weight excluding hydrogens is 391 g/mol. The first-order valence-corrected chi connectivity index (χ1v) is 9.84. The van der Waals surface area contributed by atoms with Crippen LogP contribution in [0.25, 0.3) is 0 Å². The molecule has 0 amide bonds. The molecule has 3 aromatic carbocycles. The number of methoxy groups -OCH3 is 1. The number of nitrogens with zero attached hydrogens (tertiary/aromatic N) is 2. The molecule has 0 aromatic heterocycles. The summed E-state index contributed by atoms with van der Waals surface area (Å²) in [7, 11) is 1.67. The van der Waals surface area contributed by atoms with Crippen LogP contribution in [0.15, 0.2) is 77.8 Å². The minimum atomic E-state index is -0.132. The third kappa shape index (κ3) is 3.60. The lowest BCUT2D eigenvalue weighted by atomic mass is 10.0. The average molecular weight is 411 g/mol. The van der Waals surface area contributed by atoms with Crippen LogP contribution in [0.2, 0.25) is 10.0 Å². The predicted molar refractivity (Wildman–Crippen MR) is 117 cm³/mol. The number of ether oxygens (including phenoxy) is 1. The van der Waals surface area contributed by atoms with Crippen molar-refractivity contribution in [1.82, 2.24) is 0 Å². The summed E-state index contributed by atoms with van der Waals surface area (Å²) in [6.45, 7) is 2.17. The summed E-state index contributed by atoms with van der Waals surface area (Å²) in [5, 5.41) is 1.44. The molecular formula is C23H20Cl2N2O. The Morgan fingerprint density at radius 1 is 0.821 bits per heavy atom. The minimum Gasteiger partial charge on any atom is -0.497 e. The van der Waals surface area contributed by atoms with E-state index in [0.29, 0.717) is 0 Å². The quantitative estimate of drug-likeness (QED) is 0.496. The molecule has 2 atom stereocenters. The summed E-state index contributed by atoms with van der Waals surface area (Å²) in [6.07, 6.45) is -0.132. The molecule has 3 nitrogen and oxygen atoms in total. The fourth-order valence-corrected chi connectivity index (χ4v) is 3.82. The Bertz CT molecular complexity index is 983. The maximum absolute atomic E-state index is 6.11. The summed E-state index contributed by atoms with van der Waals surface area (Å²) < 4.78 is 5.30. The van der Waals surface area contributed by atoms with Crippen molar-refractivity contribution in [2.75, 3.05) is 12.0 Å². The second-order valence-corrected chi connectivity index (χ2v) is 7.60. The number of aliphatic imine (C=N–C) groups is 1. The van der Waals surface area contributed by atoms with E-state index in [4.69, 9.17) is 32.9 Å². The van der Waals surface area contributed by atoms with E-state index < -0.39 is 0 Å². The lowest BCUT2D eigenvalue weighted by Crippen LogP contribution is -2.35. The molecule has 0 fully saturated rings. The topological polar surface area (TPSA) is 24.8 Å². The summed E-state index contributed by atoms with van der Waals surface area (Å²) >= 11 is 12.2. The van der Waals surface area contributed by atoms with Gasteiger partial charge in [-0.2, -0.15) is 0 Å². The van der Waals surface area contributed by atoms with Crippen molar-refractivity contribution in [2.24, 2.45) is 4.99 Å². The zero-order chi connectivity index (χ0) is 19.7. The minimum absolute atomic E-state index is 0.0921. The number of anilines is 1. The summed E-state index contributed by atoms with van der Waals surface area (Å²) in [5.41, 5.74) is 4.29. The van der Waals surface area contributed by atoms with Gasteiger partial charge in [0.1, 0.15) is 11.9 Å². The highest BCUT2D eigenvalue weighted by Crippen LogP contribution is 2.38. The van der Waals surface area contributed by atoms with Crippen molar-refractivity contribution < 1.29 is 4.74 Å². The van der Waals surface area contributed by atoms with Crippen molar-refractivity contribution >= 4 is 34.6 Å². The van der Waals surface area contributed by atoms with Crippen molar-refractivity contribution in [1.29, 1.82) is 0 Å². The second kappa shape index (κ2) is 7.86. The van der Waals surface area contributed by atoms with Gasteiger partial charge in [-0.05, 0) is 66.6 Å². The molecule has 4 rings (SSSR count). The molecule has 2 unspecified atom stereocenters. The molecule has 3 aromatic rings.